The lowest BCUT2D eigenvalue weighted by Crippen LogP contribution is -2.35. The zero-order valence-corrected chi connectivity index (χ0v) is 20.5. The van der Waals surface area contributed by atoms with E-state index in [-0.39, 0.29) is 17.9 Å². The number of nitrogens with zero attached hydrogens (tertiary/aromatic N) is 2. The molecular weight excluding hydrogens is 533 g/mol. The van der Waals surface area contributed by atoms with Crippen molar-refractivity contribution in [3.8, 4) is 17.2 Å². The number of benzene rings is 2. The summed E-state index contributed by atoms with van der Waals surface area (Å²) in [6.07, 6.45) is -4.82. The van der Waals surface area contributed by atoms with Gasteiger partial charge in [-0.05, 0) is 17.7 Å². The molecule has 0 bridgehead atoms. The zero-order chi connectivity index (χ0) is 25.3. The number of aromatic nitrogens is 2. The number of methoxy groups -OCH3 is 3. The third kappa shape index (κ3) is 5.02. The van der Waals surface area contributed by atoms with E-state index in [0.717, 1.165) is 9.15 Å². The number of anilines is 2. The van der Waals surface area contributed by atoms with E-state index >= 15 is 0 Å². The average molecular weight is 555 g/mol. The molecule has 35 heavy (non-hydrogen) atoms. The molecule has 4 rings (SSSR count). The van der Waals surface area contributed by atoms with Crippen molar-refractivity contribution in [3.05, 3.63) is 58.2 Å². The Labute approximate surface area is 207 Å². The average Bonchev–Trinajstić information content (AvgIpc) is 3.27. The fourth-order valence-electron chi connectivity index (χ4n) is 3.95. The molecule has 0 fully saturated rings. The second-order valence-corrected chi connectivity index (χ2v) is 8.68. The summed E-state index contributed by atoms with van der Waals surface area (Å²) in [5.74, 6) is 0.358. The van der Waals surface area contributed by atoms with Gasteiger partial charge in [-0.1, -0.05) is 28.1 Å². The summed E-state index contributed by atoms with van der Waals surface area (Å²) in [7, 11) is 4.30. The number of carbonyl (C=O) groups excluding carboxylic acids is 1. The summed E-state index contributed by atoms with van der Waals surface area (Å²) < 4.78 is 59.2. The highest BCUT2D eigenvalue weighted by Crippen LogP contribution is 2.44. The van der Waals surface area contributed by atoms with Crippen molar-refractivity contribution in [2.45, 2.75) is 24.7 Å². The van der Waals surface area contributed by atoms with Crippen LogP contribution in [0.25, 0.3) is 0 Å². The molecule has 0 saturated heterocycles. The molecule has 0 aliphatic carbocycles. The minimum Gasteiger partial charge on any atom is -0.493 e. The van der Waals surface area contributed by atoms with Crippen LogP contribution >= 0.6 is 15.9 Å². The molecule has 1 aromatic heterocycles. The zero-order valence-electron chi connectivity index (χ0n) is 18.9. The Bertz CT molecular complexity index is 1210. The van der Waals surface area contributed by atoms with Crippen LogP contribution in [0.2, 0.25) is 0 Å². The summed E-state index contributed by atoms with van der Waals surface area (Å²) in [5, 5.41) is 9.68. The van der Waals surface area contributed by atoms with Gasteiger partial charge in [0.1, 0.15) is 5.82 Å². The van der Waals surface area contributed by atoms with Gasteiger partial charge < -0.3 is 24.8 Å². The summed E-state index contributed by atoms with van der Waals surface area (Å²) >= 11 is 3.33. The lowest BCUT2D eigenvalue weighted by Gasteiger charge is -2.33. The largest absolute Gasteiger partial charge is 0.493 e. The molecule has 2 N–H and O–H groups in total. The van der Waals surface area contributed by atoms with E-state index in [9.17, 15) is 18.0 Å². The Kier molecular flexibility index (Phi) is 6.84. The van der Waals surface area contributed by atoms with E-state index in [1.807, 2.05) is 0 Å². The van der Waals surface area contributed by atoms with Gasteiger partial charge in [0.15, 0.2) is 23.2 Å². The standard InChI is InChI=1S/C23H22BrF3N4O4/c1-33-17-8-14(9-18(34-2)21(17)35-3)28-22(32)16-11-20-29-15(12-4-6-13(24)7-5-12)10-19(23(25,26)27)31(20)30-16/h4-9,11,15,19,29H,10H2,1-3H3,(H,28,32). The highest BCUT2D eigenvalue weighted by molar-refractivity contribution is 9.10. The maximum absolute atomic E-state index is 13.9. The number of halogens is 4. The number of alkyl halides is 3. The molecule has 2 unspecified atom stereocenters. The third-order valence-electron chi connectivity index (χ3n) is 5.62. The number of ether oxygens (including phenoxy) is 3. The van der Waals surface area contributed by atoms with Gasteiger partial charge in [0, 0.05) is 34.8 Å². The number of nitrogens with one attached hydrogen (secondary N) is 2. The van der Waals surface area contributed by atoms with Gasteiger partial charge in [-0.15, -0.1) is 0 Å². The quantitative estimate of drug-likeness (QED) is 0.413. The number of hydrogen-bond donors (Lipinski definition) is 2. The van der Waals surface area contributed by atoms with Gasteiger partial charge in [0.2, 0.25) is 5.75 Å². The molecule has 1 aliphatic rings. The molecule has 1 aliphatic heterocycles. The highest BCUT2D eigenvalue weighted by Gasteiger charge is 2.46. The van der Waals surface area contributed by atoms with Crippen LogP contribution in [-0.4, -0.2) is 43.2 Å². The molecule has 2 heterocycles. The molecule has 8 nitrogen and oxygen atoms in total. The van der Waals surface area contributed by atoms with Crippen molar-refractivity contribution in [2.24, 2.45) is 0 Å². The predicted molar refractivity (Wildman–Crippen MR) is 126 cm³/mol. The first-order valence-electron chi connectivity index (χ1n) is 10.4. The van der Waals surface area contributed by atoms with E-state index in [2.05, 4.69) is 31.7 Å². The maximum atomic E-state index is 13.9. The first kappa shape index (κ1) is 24.7. The first-order valence-corrected chi connectivity index (χ1v) is 11.2. The van der Waals surface area contributed by atoms with Gasteiger partial charge >= 0.3 is 6.18 Å². The van der Waals surface area contributed by atoms with Crippen LogP contribution in [0.1, 0.15) is 34.6 Å². The molecule has 2 atom stereocenters. The van der Waals surface area contributed by atoms with Gasteiger partial charge in [0.05, 0.1) is 27.4 Å². The number of carbonyl (C=O) groups is 1. The third-order valence-corrected chi connectivity index (χ3v) is 6.15. The molecule has 186 valence electrons. The predicted octanol–water partition coefficient (Wildman–Crippen LogP) is 5.58. The maximum Gasteiger partial charge on any atom is 0.410 e. The number of hydrogen-bond acceptors (Lipinski definition) is 6. The number of amides is 1. The highest BCUT2D eigenvalue weighted by atomic mass is 79.9. The molecule has 2 aromatic carbocycles. The normalized spacial score (nSPS) is 17.2. The second-order valence-electron chi connectivity index (χ2n) is 7.77. The Morgan fingerprint density at radius 1 is 1.09 bits per heavy atom. The summed E-state index contributed by atoms with van der Waals surface area (Å²) in [5.41, 5.74) is 0.814. The molecule has 0 saturated carbocycles. The molecule has 0 radical (unpaired) electrons. The van der Waals surface area contributed by atoms with Gasteiger partial charge in [0.25, 0.3) is 5.91 Å². The summed E-state index contributed by atoms with van der Waals surface area (Å²) in [4.78, 5) is 12.9. The lowest BCUT2D eigenvalue weighted by atomic mass is 9.97. The Morgan fingerprint density at radius 3 is 2.26 bits per heavy atom. The van der Waals surface area contributed by atoms with Gasteiger partial charge in [-0.25, -0.2) is 4.68 Å². The fraction of sp³-hybridized carbons (Fsp3) is 0.304. The van der Waals surface area contributed by atoms with E-state index < -0.39 is 24.2 Å². The number of fused-ring (bicyclic) bond motifs is 1. The van der Waals surface area contributed by atoms with Crippen LogP contribution in [-0.2, 0) is 0 Å². The van der Waals surface area contributed by atoms with E-state index in [1.54, 1.807) is 24.3 Å². The molecule has 0 spiro atoms. The van der Waals surface area contributed by atoms with E-state index in [1.165, 1.54) is 39.5 Å². The lowest BCUT2D eigenvalue weighted by molar-refractivity contribution is -0.173. The van der Waals surface area contributed by atoms with E-state index in [4.69, 9.17) is 14.2 Å². The SMILES string of the molecule is COc1cc(NC(=O)c2cc3n(n2)C(C(F)(F)F)CC(c2ccc(Br)cc2)N3)cc(OC)c1OC. The summed E-state index contributed by atoms with van der Waals surface area (Å²) in [6, 6.07) is 8.85. The van der Waals surface area contributed by atoms with Crippen molar-refractivity contribution in [3.63, 3.8) is 0 Å². The van der Waals surface area contributed by atoms with Crippen LogP contribution in [0.15, 0.2) is 46.9 Å². The molecule has 3 aromatic rings. The smallest absolute Gasteiger partial charge is 0.410 e. The summed E-state index contributed by atoms with van der Waals surface area (Å²) in [6.45, 7) is 0. The minimum atomic E-state index is -4.55. The Balaban J connectivity index is 1.64. The molecule has 12 heteroatoms. The minimum absolute atomic E-state index is 0.0986. The monoisotopic (exact) mass is 554 g/mol. The van der Waals surface area contributed by atoms with Crippen molar-refractivity contribution < 1.29 is 32.2 Å². The van der Waals surface area contributed by atoms with Crippen LogP contribution in [0.4, 0.5) is 24.7 Å². The molecule has 1 amide bonds. The van der Waals surface area contributed by atoms with Crippen LogP contribution in [0, 0.1) is 0 Å². The van der Waals surface area contributed by atoms with Crippen molar-refractivity contribution in [2.75, 3.05) is 32.0 Å². The number of rotatable bonds is 6. The van der Waals surface area contributed by atoms with Crippen LogP contribution in [0.3, 0.4) is 0 Å². The van der Waals surface area contributed by atoms with Crippen molar-refractivity contribution in [1.82, 2.24) is 9.78 Å². The second kappa shape index (κ2) is 9.68. The van der Waals surface area contributed by atoms with Crippen LogP contribution < -0.4 is 24.8 Å². The topological polar surface area (TPSA) is 86.6 Å². The molecular formula is C23H22BrF3N4O4. The van der Waals surface area contributed by atoms with E-state index in [0.29, 0.717) is 28.5 Å². The fourth-order valence-corrected chi connectivity index (χ4v) is 4.21. The van der Waals surface area contributed by atoms with Gasteiger partial charge in [-0.3, -0.25) is 4.79 Å². The first-order chi connectivity index (χ1) is 16.6. The van der Waals surface area contributed by atoms with Crippen molar-refractivity contribution in [1.29, 1.82) is 0 Å². The Morgan fingerprint density at radius 2 is 1.71 bits per heavy atom. The van der Waals surface area contributed by atoms with Crippen molar-refractivity contribution >= 4 is 33.3 Å². The Hall–Kier alpha value is -3.41. The van der Waals surface area contributed by atoms with Crippen LogP contribution in [0.5, 0.6) is 17.2 Å². The van der Waals surface area contributed by atoms with Gasteiger partial charge in [-0.2, -0.15) is 18.3 Å².